The van der Waals surface area contributed by atoms with Crippen LogP contribution in [0.5, 0.6) is 11.5 Å². The Kier molecular flexibility index (Phi) is 7.09. The van der Waals surface area contributed by atoms with Gasteiger partial charge in [-0.25, -0.2) is 4.79 Å². The number of hydrogen-bond acceptors (Lipinski definition) is 4. The van der Waals surface area contributed by atoms with Gasteiger partial charge < -0.3 is 19.7 Å². The van der Waals surface area contributed by atoms with E-state index in [-0.39, 0.29) is 6.03 Å². The third-order valence-electron chi connectivity index (χ3n) is 5.06. The Morgan fingerprint density at radius 2 is 1.93 bits per heavy atom. The van der Waals surface area contributed by atoms with E-state index in [9.17, 15) is 4.79 Å². The summed E-state index contributed by atoms with van der Waals surface area (Å²) in [6, 6.07) is 14.2. The van der Waals surface area contributed by atoms with Crippen LogP contribution < -0.4 is 14.8 Å². The number of methoxy groups -OCH3 is 2. The molecule has 28 heavy (non-hydrogen) atoms. The second-order valence-corrected chi connectivity index (χ2v) is 8.15. The molecule has 1 aliphatic rings. The molecule has 0 spiro atoms. The van der Waals surface area contributed by atoms with E-state index in [2.05, 4.69) is 36.5 Å². The van der Waals surface area contributed by atoms with Crippen molar-refractivity contribution in [3.8, 4) is 11.5 Å². The van der Waals surface area contributed by atoms with Gasteiger partial charge in [0.05, 0.1) is 14.2 Å². The molecule has 2 aromatic carbocycles. The van der Waals surface area contributed by atoms with Crippen molar-refractivity contribution < 1.29 is 14.3 Å². The summed E-state index contributed by atoms with van der Waals surface area (Å²) in [5, 5.41) is 3.48. The Morgan fingerprint density at radius 3 is 2.68 bits per heavy atom. The van der Waals surface area contributed by atoms with Gasteiger partial charge in [0.1, 0.15) is 0 Å². The first-order valence-electron chi connectivity index (χ1n) is 9.53. The topological polar surface area (TPSA) is 50.8 Å². The molecule has 150 valence electrons. The highest BCUT2D eigenvalue weighted by molar-refractivity contribution is 7.99. The minimum absolute atomic E-state index is 0.0131. The lowest BCUT2D eigenvalue weighted by Gasteiger charge is -2.21. The molecule has 0 aromatic heterocycles. The fourth-order valence-corrected chi connectivity index (χ4v) is 4.78. The summed E-state index contributed by atoms with van der Waals surface area (Å²) in [5.74, 6) is 2.30. The quantitative estimate of drug-likeness (QED) is 0.808. The first kappa shape index (κ1) is 20.4. The van der Waals surface area contributed by atoms with Gasteiger partial charge in [-0.15, -0.1) is 0 Å². The van der Waals surface area contributed by atoms with Crippen LogP contribution in [-0.4, -0.2) is 44.0 Å². The van der Waals surface area contributed by atoms with Crippen molar-refractivity contribution >= 4 is 17.8 Å². The van der Waals surface area contributed by atoms with E-state index >= 15 is 0 Å². The zero-order valence-electron chi connectivity index (χ0n) is 16.7. The molecular weight excluding hydrogens is 372 g/mol. The number of ether oxygens (including phenoxy) is 2. The highest BCUT2D eigenvalue weighted by atomic mass is 32.2. The Labute approximate surface area is 171 Å². The van der Waals surface area contributed by atoms with Crippen molar-refractivity contribution in [3.05, 3.63) is 59.2 Å². The fraction of sp³-hybridized carbons (Fsp3) is 0.409. The van der Waals surface area contributed by atoms with Crippen molar-refractivity contribution in [2.75, 3.05) is 33.1 Å². The molecule has 0 saturated carbocycles. The summed E-state index contributed by atoms with van der Waals surface area (Å²) in [5.41, 5.74) is 3.69. The van der Waals surface area contributed by atoms with Crippen LogP contribution >= 0.6 is 11.8 Å². The van der Waals surface area contributed by atoms with E-state index in [1.807, 2.05) is 34.9 Å². The van der Waals surface area contributed by atoms with Crippen molar-refractivity contribution in [1.82, 2.24) is 10.2 Å². The molecule has 0 aliphatic carbocycles. The molecule has 5 nitrogen and oxygen atoms in total. The molecule has 3 rings (SSSR count). The van der Waals surface area contributed by atoms with Crippen LogP contribution in [0.3, 0.4) is 0 Å². The number of hydrogen-bond donors (Lipinski definition) is 1. The number of benzene rings is 2. The molecule has 1 aliphatic heterocycles. The molecule has 0 radical (unpaired) electrons. The molecule has 2 amide bonds. The minimum atomic E-state index is -0.0131. The van der Waals surface area contributed by atoms with E-state index < -0.39 is 0 Å². The molecule has 2 aromatic rings. The molecule has 1 saturated heterocycles. The second-order valence-electron chi connectivity index (χ2n) is 6.84. The lowest BCUT2D eigenvalue weighted by Crippen LogP contribution is -2.40. The van der Waals surface area contributed by atoms with Crippen LogP contribution in [0.2, 0.25) is 0 Å². The monoisotopic (exact) mass is 400 g/mol. The average molecular weight is 401 g/mol. The number of rotatable bonds is 5. The summed E-state index contributed by atoms with van der Waals surface area (Å²) in [6.45, 7) is 4.16. The lowest BCUT2D eigenvalue weighted by molar-refractivity contribution is 0.200. The number of aryl methyl sites for hydroxylation is 1. The number of nitrogens with zero attached hydrogens (tertiary/aromatic N) is 1. The van der Waals surface area contributed by atoms with Gasteiger partial charge in [-0.1, -0.05) is 30.3 Å². The fourth-order valence-electron chi connectivity index (χ4n) is 3.45. The van der Waals surface area contributed by atoms with Gasteiger partial charge in [0.25, 0.3) is 0 Å². The SMILES string of the molecule is COc1ccc(CNC(=O)N2CCS[C@H](c3ccccc3C)CC2)cc1OC. The standard InChI is InChI=1S/C22H28N2O3S/c1-16-6-4-5-7-18(16)21-10-11-24(12-13-28-21)22(25)23-15-17-8-9-19(26-2)20(14-17)27-3/h4-9,14,21H,10-13,15H2,1-3H3,(H,23,25)/t21-/m0/s1. The first-order chi connectivity index (χ1) is 13.6. The maximum absolute atomic E-state index is 12.7. The maximum Gasteiger partial charge on any atom is 0.317 e. The zero-order chi connectivity index (χ0) is 19.9. The van der Waals surface area contributed by atoms with E-state index in [0.717, 1.165) is 30.8 Å². The van der Waals surface area contributed by atoms with Crippen molar-refractivity contribution in [2.24, 2.45) is 0 Å². The second kappa shape index (κ2) is 9.73. The zero-order valence-corrected chi connectivity index (χ0v) is 17.6. The van der Waals surface area contributed by atoms with Gasteiger partial charge in [0.2, 0.25) is 0 Å². The van der Waals surface area contributed by atoms with E-state index in [1.54, 1.807) is 14.2 Å². The predicted molar refractivity (Wildman–Crippen MR) is 114 cm³/mol. The van der Waals surface area contributed by atoms with Gasteiger partial charge in [-0.2, -0.15) is 11.8 Å². The van der Waals surface area contributed by atoms with Gasteiger partial charge in [-0.3, -0.25) is 0 Å². The normalized spacial score (nSPS) is 17.0. The molecule has 1 N–H and O–H groups in total. The largest absolute Gasteiger partial charge is 0.493 e. The van der Waals surface area contributed by atoms with Crippen LogP contribution in [-0.2, 0) is 6.54 Å². The van der Waals surface area contributed by atoms with Gasteiger partial charge >= 0.3 is 6.03 Å². The first-order valence-corrected chi connectivity index (χ1v) is 10.6. The van der Waals surface area contributed by atoms with Crippen LogP contribution in [0.1, 0.15) is 28.4 Å². The van der Waals surface area contributed by atoms with Crippen LogP contribution in [0.25, 0.3) is 0 Å². The molecule has 0 unspecified atom stereocenters. The lowest BCUT2D eigenvalue weighted by atomic mass is 10.0. The minimum Gasteiger partial charge on any atom is -0.493 e. The average Bonchev–Trinajstić information content (AvgIpc) is 2.98. The van der Waals surface area contributed by atoms with Gasteiger partial charge in [-0.05, 0) is 42.2 Å². The van der Waals surface area contributed by atoms with Crippen molar-refractivity contribution in [3.63, 3.8) is 0 Å². The number of thioether (sulfide) groups is 1. The Morgan fingerprint density at radius 1 is 1.14 bits per heavy atom. The van der Waals surface area contributed by atoms with Crippen LogP contribution in [0, 0.1) is 6.92 Å². The highest BCUT2D eigenvalue weighted by Crippen LogP contribution is 2.36. The summed E-state index contributed by atoms with van der Waals surface area (Å²) >= 11 is 1.94. The van der Waals surface area contributed by atoms with Crippen molar-refractivity contribution in [1.29, 1.82) is 0 Å². The summed E-state index contributed by atoms with van der Waals surface area (Å²) in [7, 11) is 3.22. The molecule has 1 fully saturated rings. The van der Waals surface area contributed by atoms with E-state index in [0.29, 0.717) is 23.3 Å². The summed E-state index contributed by atoms with van der Waals surface area (Å²) in [4.78, 5) is 14.6. The molecule has 0 bridgehead atoms. The highest BCUT2D eigenvalue weighted by Gasteiger charge is 2.22. The number of urea groups is 1. The van der Waals surface area contributed by atoms with E-state index in [1.165, 1.54) is 11.1 Å². The third kappa shape index (κ3) is 4.93. The number of carbonyl (C=O) groups excluding carboxylic acids is 1. The Balaban J connectivity index is 1.56. The predicted octanol–water partition coefficient (Wildman–Crippen LogP) is 4.40. The summed E-state index contributed by atoms with van der Waals surface area (Å²) in [6.07, 6.45) is 0.972. The van der Waals surface area contributed by atoms with Gasteiger partial charge in [0.15, 0.2) is 11.5 Å². The maximum atomic E-state index is 12.7. The van der Waals surface area contributed by atoms with Crippen LogP contribution in [0.4, 0.5) is 4.79 Å². The molecule has 6 heteroatoms. The van der Waals surface area contributed by atoms with Gasteiger partial charge in [0, 0.05) is 30.6 Å². The molecule has 1 atom stereocenters. The smallest absolute Gasteiger partial charge is 0.317 e. The number of amides is 2. The molecule has 1 heterocycles. The number of carbonyl (C=O) groups is 1. The van der Waals surface area contributed by atoms with Crippen molar-refractivity contribution in [2.45, 2.75) is 25.1 Å². The Hall–Kier alpha value is -2.34. The van der Waals surface area contributed by atoms with Crippen LogP contribution in [0.15, 0.2) is 42.5 Å². The number of nitrogens with one attached hydrogen (secondary N) is 1. The van der Waals surface area contributed by atoms with E-state index in [4.69, 9.17) is 9.47 Å². The molecular formula is C22H28N2O3S. The third-order valence-corrected chi connectivity index (χ3v) is 6.37. The summed E-state index contributed by atoms with van der Waals surface area (Å²) < 4.78 is 10.6. The Bertz CT molecular complexity index is 812.